The highest BCUT2D eigenvalue weighted by molar-refractivity contribution is 7.98. The smallest absolute Gasteiger partial charge is 0.308 e. The Bertz CT molecular complexity index is 1200. The summed E-state index contributed by atoms with van der Waals surface area (Å²) in [5.74, 6) is 0.855. The van der Waals surface area contributed by atoms with Gasteiger partial charge in [0.25, 0.3) is 0 Å². The van der Waals surface area contributed by atoms with Gasteiger partial charge in [-0.1, -0.05) is 83.1 Å². The number of halogens is 2. The monoisotopic (exact) mass is 486 g/mol. The summed E-state index contributed by atoms with van der Waals surface area (Å²) in [6, 6.07) is 22.8. The van der Waals surface area contributed by atoms with Gasteiger partial charge in [0.15, 0.2) is 5.01 Å². The van der Waals surface area contributed by atoms with Crippen LogP contribution in [0.15, 0.2) is 77.7 Å². The zero-order valence-corrected chi connectivity index (χ0v) is 19.2. The highest BCUT2D eigenvalue weighted by atomic mass is 35.5. The molecule has 0 unspecified atom stereocenters. The lowest BCUT2D eigenvalue weighted by atomic mass is 10.2. The standard InChI is InChI=1S/C22H16Cl2N4OS2/c23-17-11-10-15(12-18(17)24)25-21(29)26-22-28-27-20(31-22)16-8-4-5-9-19(16)30-13-14-6-2-1-3-7-14/h1-12H,13H2,(H2,25,26,28,29). The van der Waals surface area contributed by atoms with Crippen molar-refractivity contribution in [1.82, 2.24) is 10.2 Å². The predicted molar refractivity (Wildman–Crippen MR) is 130 cm³/mol. The second kappa shape index (κ2) is 10.2. The largest absolute Gasteiger partial charge is 0.325 e. The number of benzene rings is 3. The van der Waals surface area contributed by atoms with E-state index < -0.39 is 6.03 Å². The lowest BCUT2D eigenvalue weighted by Gasteiger charge is -2.07. The summed E-state index contributed by atoms with van der Waals surface area (Å²) in [5.41, 5.74) is 2.76. The lowest BCUT2D eigenvalue weighted by Crippen LogP contribution is -2.19. The van der Waals surface area contributed by atoms with E-state index in [2.05, 4.69) is 39.0 Å². The van der Waals surface area contributed by atoms with E-state index in [1.807, 2.05) is 36.4 Å². The van der Waals surface area contributed by atoms with Gasteiger partial charge in [0.05, 0.1) is 10.0 Å². The summed E-state index contributed by atoms with van der Waals surface area (Å²) >= 11 is 14.9. The Kier molecular flexibility index (Phi) is 7.09. The molecule has 0 spiro atoms. The summed E-state index contributed by atoms with van der Waals surface area (Å²) in [5, 5.41) is 15.7. The topological polar surface area (TPSA) is 66.9 Å². The summed E-state index contributed by atoms with van der Waals surface area (Å²) < 4.78 is 0. The maximum absolute atomic E-state index is 12.3. The first kappa shape index (κ1) is 21.6. The van der Waals surface area contributed by atoms with E-state index >= 15 is 0 Å². The molecule has 0 saturated carbocycles. The molecule has 0 aliphatic carbocycles. The second-order valence-corrected chi connectivity index (χ2v) is 9.20. The number of hydrogen-bond acceptors (Lipinski definition) is 5. The van der Waals surface area contributed by atoms with Crippen LogP contribution in [0.2, 0.25) is 10.0 Å². The lowest BCUT2D eigenvalue weighted by molar-refractivity contribution is 0.262. The summed E-state index contributed by atoms with van der Waals surface area (Å²) in [6.45, 7) is 0. The summed E-state index contributed by atoms with van der Waals surface area (Å²) in [7, 11) is 0. The number of urea groups is 1. The third-order valence-corrected chi connectivity index (χ3v) is 6.93. The van der Waals surface area contributed by atoms with Crippen molar-refractivity contribution < 1.29 is 4.79 Å². The summed E-state index contributed by atoms with van der Waals surface area (Å²) in [6.07, 6.45) is 0. The molecular formula is C22H16Cl2N4OS2. The Hall–Kier alpha value is -2.58. The molecule has 1 aromatic heterocycles. The number of rotatable bonds is 6. The zero-order valence-electron chi connectivity index (χ0n) is 16.0. The molecule has 0 atom stereocenters. The minimum Gasteiger partial charge on any atom is -0.308 e. The van der Waals surface area contributed by atoms with Crippen LogP contribution in [0.25, 0.3) is 10.6 Å². The van der Waals surface area contributed by atoms with Crippen molar-refractivity contribution in [3.8, 4) is 10.6 Å². The number of amides is 2. The molecular weight excluding hydrogens is 471 g/mol. The van der Waals surface area contributed by atoms with Gasteiger partial charge in [0.2, 0.25) is 5.13 Å². The fourth-order valence-corrected chi connectivity index (χ4v) is 4.87. The Morgan fingerprint density at radius 2 is 1.68 bits per heavy atom. The fraction of sp³-hybridized carbons (Fsp3) is 0.0455. The van der Waals surface area contributed by atoms with Gasteiger partial charge in [-0.05, 0) is 29.8 Å². The number of thioether (sulfide) groups is 1. The van der Waals surface area contributed by atoms with Crippen molar-refractivity contribution in [2.45, 2.75) is 10.6 Å². The number of nitrogens with zero attached hydrogens (tertiary/aromatic N) is 2. The van der Waals surface area contributed by atoms with Crippen LogP contribution < -0.4 is 10.6 Å². The van der Waals surface area contributed by atoms with Crippen molar-refractivity contribution in [2.75, 3.05) is 10.6 Å². The third-order valence-electron chi connectivity index (χ3n) is 4.18. The maximum Gasteiger partial charge on any atom is 0.325 e. The quantitative estimate of drug-likeness (QED) is 0.277. The van der Waals surface area contributed by atoms with Gasteiger partial charge in [-0.2, -0.15) is 0 Å². The Labute approximate surface area is 197 Å². The van der Waals surface area contributed by atoms with Gasteiger partial charge in [-0.15, -0.1) is 22.0 Å². The third kappa shape index (κ3) is 5.77. The second-order valence-electron chi connectivity index (χ2n) is 6.39. The number of aromatic nitrogens is 2. The van der Waals surface area contributed by atoms with E-state index in [1.165, 1.54) is 16.9 Å². The first-order valence-corrected chi connectivity index (χ1v) is 11.8. The normalized spacial score (nSPS) is 10.6. The Morgan fingerprint density at radius 3 is 2.48 bits per heavy atom. The molecule has 0 fully saturated rings. The van der Waals surface area contributed by atoms with Gasteiger partial charge >= 0.3 is 6.03 Å². The van der Waals surface area contributed by atoms with E-state index in [9.17, 15) is 4.79 Å². The number of anilines is 2. The van der Waals surface area contributed by atoms with Crippen LogP contribution in [0, 0.1) is 0 Å². The van der Waals surface area contributed by atoms with Gasteiger partial charge in [-0.3, -0.25) is 5.32 Å². The van der Waals surface area contributed by atoms with E-state index in [0.29, 0.717) is 20.9 Å². The number of hydrogen-bond donors (Lipinski definition) is 2. The van der Waals surface area contributed by atoms with Crippen molar-refractivity contribution in [2.24, 2.45) is 0 Å². The fourth-order valence-electron chi connectivity index (χ4n) is 2.72. The zero-order chi connectivity index (χ0) is 21.6. The molecule has 0 saturated heterocycles. The van der Waals surface area contributed by atoms with Crippen LogP contribution in [0.1, 0.15) is 5.56 Å². The molecule has 0 bridgehead atoms. The minimum absolute atomic E-state index is 0.363. The van der Waals surface area contributed by atoms with E-state index in [0.717, 1.165) is 21.2 Å². The van der Waals surface area contributed by atoms with Crippen LogP contribution in [-0.2, 0) is 5.75 Å². The van der Waals surface area contributed by atoms with Gasteiger partial charge in [-0.25, -0.2) is 4.79 Å². The molecule has 156 valence electrons. The number of nitrogens with one attached hydrogen (secondary N) is 2. The molecule has 4 aromatic rings. The first-order valence-electron chi connectivity index (χ1n) is 9.21. The molecule has 2 amide bonds. The molecule has 0 radical (unpaired) electrons. The number of carbonyl (C=O) groups excluding carboxylic acids is 1. The number of carbonyl (C=O) groups is 1. The van der Waals surface area contributed by atoms with Gasteiger partial charge < -0.3 is 5.32 Å². The molecule has 3 aromatic carbocycles. The molecule has 0 aliphatic rings. The molecule has 31 heavy (non-hydrogen) atoms. The van der Waals surface area contributed by atoms with Crippen molar-refractivity contribution in [3.05, 3.63) is 88.4 Å². The van der Waals surface area contributed by atoms with Crippen LogP contribution in [-0.4, -0.2) is 16.2 Å². The van der Waals surface area contributed by atoms with Crippen LogP contribution in [0.3, 0.4) is 0 Å². The van der Waals surface area contributed by atoms with Gasteiger partial charge in [0.1, 0.15) is 0 Å². The Morgan fingerprint density at radius 1 is 0.903 bits per heavy atom. The molecule has 5 nitrogen and oxygen atoms in total. The van der Waals surface area contributed by atoms with E-state index in [-0.39, 0.29) is 0 Å². The van der Waals surface area contributed by atoms with Gasteiger partial charge in [0, 0.05) is 21.9 Å². The summed E-state index contributed by atoms with van der Waals surface area (Å²) in [4.78, 5) is 13.4. The van der Waals surface area contributed by atoms with Crippen LogP contribution >= 0.6 is 46.3 Å². The SMILES string of the molecule is O=C(Nc1ccc(Cl)c(Cl)c1)Nc1nnc(-c2ccccc2SCc2ccccc2)s1. The van der Waals surface area contributed by atoms with Crippen LogP contribution in [0.4, 0.5) is 15.6 Å². The molecule has 0 aliphatic heterocycles. The van der Waals surface area contributed by atoms with E-state index in [1.54, 1.807) is 30.0 Å². The molecule has 4 rings (SSSR count). The first-order chi connectivity index (χ1) is 15.1. The van der Waals surface area contributed by atoms with Crippen molar-refractivity contribution in [3.63, 3.8) is 0 Å². The molecule has 9 heteroatoms. The van der Waals surface area contributed by atoms with Crippen LogP contribution in [0.5, 0.6) is 0 Å². The predicted octanol–water partition coefficient (Wildman–Crippen LogP) is 7.45. The maximum atomic E-state index is 12.3. The van der Waals surface area contributed by atoms with Crippen molar-refractivity contribution >= 4 is 63.2 Å². The molecule has 1 heterocycles. The van der Waals surface area contributed by atoms with E-state index in [4.69, 9.17) is 23.2 Å². The average Bonchev–Trinajstić information content (AvgIpc) is 3.24. The highest BCUT2D eigenvalue weighted by Crippen LogP contribution is 2.35. The Balaban J connectivity index is 1.43. The minimum atomic E-state index is -0.437. The average molecular weight is 487 g/mol. The molecule has 2 N–H and O–H groups in total. The van der Waals surface area contributed by atoms with Crippen molar-refractivity contribution in [1.29, 1.82) is 0 Å². The highest BCUT2D eigenvalue weighted by Gasteiger charge is 2.13.